The lowest BCUT2D eigenvalue weighted by atomic mass is 9.98. The standard InChI is InChI=1S/C28H19ClF3N3O3S/c1-39(37,38)19-11-12-20(22(15-19)16-6-8-17(9-7-16)28(30,31)32)27(36)33-18-10-13-24(29)23(14-18)26-21-4-2-3-5-25(21)34-35-26/h2-15H,1H3,(H,33,36)(H,34,35). The number of aromatic amines is 1. The monoisotopic (exact) mass is 569 g/mol. The van der Waals surface area contributed by atoms with Crippen molar-refractivity contribution >= 4 is 43.9 Å². The zero-order chi connectivity index (χ0) is 27.9. The molecule has 0 bridgehead atoms. The minimum absolute atomic E-state index is 0.0730. The summed E-state index contributed by atoms with van der Waals surface area (Å²) in [4.78, 5) is 13.3. The second-order valence-electron chi connectivity index (χ2n) is 8.82. The van der Waals surface area contributed by atoms with E-state index in [1.54, 1.807) is 18.2 Å². The van der Waals surface area contributed by atoms with Crippen LogP contribution < -0.4 is 5.32 Å². The predicted molar refractivity (Wildman–Crippen MR) is 144 cm³/mol. The van der Waals surface area contributed by atoms with E-state index in [0.717, 1.165) is 29.3 Å². The third kappa shape index (κ3) is 5.39. The van der Waals surface area contributed by atoms with Crippen molar-refractivity contribution in [3.8, 4) is 22.4 Å². The van der Waals surface area contributed by atoms with E-state index in [-0.39, 0.29) is 21.6 Å². The van der Waals surface area contributed by atoms with E-state index in [9.17, 15) is 26.4 Å². The molecule has 0 aliphatic heterocycles. The molecule has 0 aliphatic rings. The van der Waals surface area contributed by atoms with Crippen LogP contribution in [0, 0.1) is 0 Å². The summed E-state index contributed by atoms with van der Waals surface area (Å²) < 4.78 is 63.6. The fourth-order valence-corrected chi connectivity index (χ4v) is 5.04. The number of H-pyrrole nitrogens is 1. The van der Waals surface area contributed by atoms with Gasteiger partial charge in [0.1, 0.15) is 5.69 Å². The minimum atomic E-state index is -4.54. The summed E-state index contributed by atoms with van der Waals surface area (Å²) in [7, 11) is -3.66. The van der Waals surface area contributed by atoms with E-state index < -0.39 is 27.5 Å². The first kappa shape index (κ1) is 26.5. The number of hydrogen-bond acceptors (Lipinski definition) is 4. The Balaban J connectivity index is 1.53. The van der Waals surface area contributed by atoms with Crippen LogP contribution in [0.4, 0.5) is 18.9 Å². The van der Waals surface area contributed by atoms with Gasteiger partial charge in [0, 0.05) is 28.5 Å². The Morgan fingerprint density at radius 3 is 2.33 bits per heavy atom. The van der Waals surface area contributed by atoms with E-state index in [2.05, 4.69) is 15.5 Å². The quantitative estimate of drug-likeness (QED) is 0.234. The smallest absolute Gasteiger partial charge is 0.322 e. The van der Waals surface area contributed by atoms with Crippen molar-refractivity contribution in [2.24, 2.45) is 0 Å². The van der Waals surface area contributed by atoms with E-state index in [1.807, 2.05) is 24.3 Å². The van der Waals surface area contributed by atoms with Crippen LogP contribution in [0.2, 0.25) is 5.02 Å². The number of amides is 1. The van der Waals surface area contributed by atoms with Crippen LogP contribution in [-0.2, 0) is 16.0 Å². The molecule has 0 fully saturated rings. The lowest BCUT2D eigenvalue weighted by Crippen LogP contribution is -2.14. The molecule has 1 amide bonds. The second-order valence-corrected chi connectivity index (χ2v) is 11.2. The number of nitrogens with one attached hydrogen (secondary N) is 2. The molecule has 0 radical (unpaired) electrons. The van der Waals surface area contributed by atoms with Gasteiger partial charge in [-0.1, -0.05) is 41.9 Å². The van der Waals surface area contributed by atoms with Gasteiger partial charge in [0.25, 0.3) is 5.91 Å². The molecule has 11 heteroatoms. The number of hydrogen-bond donors (Lipinski definition) is 2. The molecule has 2 N–H and O–H groups in total. The van der Waals surface area contributed by atoms with Gasteiger partial charge in [-0.15, -0.1) is 0 Å². The number of nitrogens with zero attached hydrogens (tertiary/aromatic N) is 1. The Kier molecular flexibility index (Phi) is 6.69. The van der Waals surface area contributed by atoms with Gasteiger partial charge in [-0.2, -0.15) is 18.3 Å². The molecule has 0 saturated heterocycles. The van der Waals surface area contributed by atoms with Crippen molar-refractivity contribution in [2.45, 2.75) is 11.1 Å². The molecule has 0 unspecified atom stereocenters. The van der Waals surface area contributed by atoms with Gasteiger partial charge in [-0.3, -0.25) is 9.89 Å². The van der Waals surface area contributed by atoms with Gasteiger partial charge in [0.2, 0.25) is 0 Å². The Morgan fingerprint density at radius 2 is 1.64 bits per heavy atom. The third-order valence-electron chi connectivity index (χ3n) is 6.14. The minimum Gasteiger partial charge on any atom is -0.322 e. The van der Waals surface area contributed by atoms with E-state index in [4.69, 9.17) is 11.6 Å². The SMILES string of the molecule is CS(=O)(=O)c1ccc(C(=O)Nc2ccc(Cl)c(-c3n[nH]c4ccccc34)c2)c(-c2ccc(C(F)(F)F)cc2)c1. The molecule has 6 nitrogen and oxygen atoms in total. The highest BCUT2D eigenvalue weighted by Gasteiger charge is 2.30. The number of sulfone groups is 1. The highest BCUT2D eigenvalue weighted by Crippen LogP contribution is 2.35. The molecule has 1 aromatic heterocycles. The largest absolute Gasteiger partial charge is 0.416 e. The average molecular weight is 570 g/mol. The summed E-state index contributed by atoms with van der Waals surface area (Å²) in [5.74, 6) is -0.592. The fourth-order valence-electron chi connectivity index (χ4n) is 4.18. The van der Waals surface area contributed by atoms with E-state index in [1.165, 1.54) is 30.3 Å². The van der Waals surface area contributed by atoms with Crippen LogP contribution in [0.15, 0.2) is 89.8 Å². The molecule has 4 aromatic carbocycles. The van der Waals surface area contributed by atoms with E-state index >= 15 is 0 Å². The summed E-state index contributed by atoms with van der Waals surface area (Å²) >= 11 is 6.45. The van der Waals surface area contributed by atoms with Gasteiger partial charge in [-0.05, 0) is 65.7 Å². The average Bonchev–Trinajstić information content (AvgIpc) is 3.32. The topological polar surface area (TPSA) is 91.9 Å². The number of benzene rings is 4. The second kappa shape index (κ2) is 9.87. The fraction of sp³-hybridized carbons (Fsp3) is 0.0714. The normalized spacial score (nSPS) is 12.0. The third-order valence-corrected chi connectivity index (χ3v) is 7.58. The van der Waals surface area contributed by atoms with Crippen LogP contribution >= 0.6 is 11.6 Å². The maximum atomic E-state index is 13.4. The zero-order valence-electron chi connectivity index (χ0n) is 20.2. The highest BCUT2D eigenvalue weighted by atomic mass is 35.5. The predicted octanol–water partition coefficient (Wildman–Crippen LogP) is 7.22. The Hall–Kier alpha value is -4.15. The molecule has 5 aromatic rings. The molecule has 0 aliphatic carbocycles. The van der Waals surface area contributed by atoms with Crippen molar-refractivity contribution in [1.82, 2.24) is 10.2 Å². The van der Waals surface area contributed by atoms with Crippen LogP contribution in [0.25, 0.3) is 33.3 Å². The molecule has 39 heavy (non-hydrogen) atoms. The summed E-state index contributed by atoms with van der Waals surface area (Å²) in [5, 5.41) is 11.3. The number of para-hydroxylation sites is 1. The number of anilines is 1. The number of aromatic nitrogens is 2. The van der Waals surface area contributed by atoms with Crippen LogP contribution in [0.1, 0.15) is 15.9 Å². The molecule has 5 rings (SSSR count). The number of fused-ring (bicyclic) bond motifs is 1. The summed E-state index contributed by atoms with van der Waals surface area (Å²) in [6.45, 7) is 0. The van der Waals surface area contributed by atoms with Gasteiger partial charge in [0.15, 0.2) is 9.84 Å². The van der Waals surface area contributed by atoms with Crippen molar-refractivity contribution in [3.05, 3.63) is 101 Å². The first-order valence-electron chi connectivity index (χ1n) is 11.5. The van der Waals surface area contributed by atoms with E-state index in [0.29, 0.717) is 22.0 Å². The van der Waals surface area contributed by atoms with Gasteiger partial charge >= 0.3 is 6.18 Å². The lowest BCUT2D eigenvalue weighted by molar-refractivity contribution is -0.137. The first-order chi connectivity index (χ1) is 18.4. The zero-order valence-corrected chi connectivity index (χ0v) is 21.7. The van der Waals surface area contributed by atoms with Gasteiger partial charge in [0.05, 0.1) is 21.0 Å². The van der Waals surface area contributed by atoms with Crippen molar-refractivity contribution in [1.29, 1.82) is 0 Å². The number of carbonyl (C=O) groups excluding carboxylic acids is 1. The maximum absolute atomic E-state index is 13.4. The summed E-state index contributed by atoms with van der Waals surface area (Å²) in [6, 6.07) is 20.4. The maximum Gasteiger partial charge on any atom is 0.416 e. The Labute approximate surface area is 226 Å². The number of halogens is 4. The van der Waals surface area contributed by atoms with Crippen molar-refractivity contribution < 1.29 is 26.4 Å². The van der Waals surface area contributed by atoms with Crippen LogP contribution in [0.3, 0.4) is 0 Å². The summed E-state index contributed by atoms with van der Waals surface area (Å²) in [5.41, 5.74) is 1.98. The van der Waals surface area contributed by atoms with Gasteiger partial charge < -0.3 is 5.32 Å². The summed E-state index contributed by atoms with van der Waals surface area (Å²) in [6.07, 6.45) is -3.54. The molecular weight excluding hydrogens is 551 g/mol. The number of rotatable bonds is 5. The highest BCUT2D eigenvalue weighted by molar-refractivity contribution is 7.90. The van der Waals surface area contributed by atoms with Crippen LogP contribution in [0.5, 0.6) is 0 Å². The van der Waals surface area contributed by atoms with Crippen LogP contribution in [-0.4, -0.2) is 30.8 Å². The Bertz CT molecular complexity index is 1830. The molecule has 1 heterocycles. The first-order valence-corrected chi connectivity index (χ1v) is 13.7. The number of alkyl halides is 3. The van der Waals surface area contributed by atoms with Crippen molar-refractivity contribution in [2.75, 3.05) is 11.6 Å². The molecule has 0 saturated carbocycles. The number of carbonyl (C=O) groups is 1. The lowest BCUT2D eigenvalue weighted by Gasteiger charge is -2.14. The van der Waals surface area contributed by atoms with Gasteiger partial charge in [-0.25, -0.2) is 8.42 Å². The Morgan fingerprint density at radius 1 is 0.923 bits per heavy atom. The molecule has 0 atom stereocenters. The molecule has 198 valence electrons. The van der Waals surface area contributed by atoms with Crippen molar-refractivity contribution in [3.63, 3.8) is 0 Å². The molecular formula is C28H19ClF3N3O3S. The molecule has 0 spiro atoms.